The minimum absolute atomic E-state index is 0.218. The molecule has 8 heteroatoms. The van der Waals surface area contributed by atoms with Crippen molar-refractivity contribution in [3.8, 4) is 0 Å². The number of carbonyl (C=O) groups excluding carboxylic acids is 2. The summed E-state index contributed by atoms with van der Waals surface area (Å²) in [5, 5.41) is 12.8. The fraction of sp³-hybridized carbons (Fsp3) is 0.292. The average molecular weight is 457 g/mol. The molecule has 2 N–H and O–H groups in total. The first-order chi connectivity index (χ1) is 15.0. The van der Waals surface area contributed by atoms with Gasteiger partial charge in [-0.05, 0) is 56.2 Å². The van der Waals surface area contributed by atoms with E-state index in [1.54, 1.807) is 45.0 Å². The van der Waals surface area contributed by atoms with Crippen LogP contribution in [0.2, 0.25) is 5.02 Å². The first-order valence-corrected chi connectivity index (χ1v) is 10.5. The molecular weight excluding hydrogens is 432 g/mol. The van der Waals surface area contributed by atoms with Crippen LogP contribution in [-0.2, 0) is 19.1 Å². The van der Waals surface area contributed by atoms with Crippen molar-refractivity contribution in [2.75, 3.05) is 18.0 Å². The largest absolute Gasteiger partial charge is 0.480 e. The van der Waals surface area contributed by atoms with Crippen molar-refractivity contribution in [1.82, 2.24) is 5.32 Å². The molecule has 0 radical (unpaired) electrons. The molecule has 168 valence electrons. The van der Waals surface area contributed by atoms with E-state index in [2.05, 4.69) is 5.32 Å². The fourth-order valence-electron chi connectivity index (χ4n) is 3.46. The number of aliphatic carboxylic acids is 1. The lowest BCUT2D eigenvalue weighted by atomic mass is 9.95. The second-order valence-electron chi connectivity index (χ2n) is 8.37. The third-order valence-corrected chi connectivity index (χ3v) is 4.90. The van der Waals surface area contributed by atoms with Gasteiger partial charge in [-0.1, -0.05) is 41.9 Å². The number of carboxylic acid groups (broad SMARTS) is 1. The van der Waals surface area contributed by atoms with Crippen molar-refractivity contribution >= 4 is 40.7 Å². The molecule has 0 saturated heterocycles. The zero-order chi connectivity index (χ0) is 23.5. The molecule has 7 nitrogen and oxygen atoms in total. The van der Waals surface area contributed by atoms with Gasteiger partial charge in [-0.3, -0.25) is 24.6 Å². The van der Waals surface area contributed by atoms with Crippen LogP contribution in [0.15, 0.2) is 54.6 Å². The molecule has 1 unspecified atom stereocenters. The maximum Gasteiger partial charge on any atom is 0.323 e. The van der Waals surface area contributed by atoms with Gasteiger partial charge in [-0.15, -0.1) is 0 Å². The summed E-state index contributed by atoms with van der Waals surface area (Å²) < 4.78 is 5.32. The van der Waals surface area contributed by atoms with Gasteiger partial charge in [0.05, 0.1) is 12.2 Å². The predicted molar refractivity (Wildman–Crippen MR) is 123 cm³/mol. The van der Waals surface area contributed by atoms with E-state index in [4.69, 9.17) is 16.3 Å². The Hall–Kier alpha value is -3.16. The topological polar surface area (TPSA) is 95.9 Å². The summed E-state index contributed by atoms with van der Waals surface area (Å²) in [4.78, 5) is 38.3. The number of esters is 1. The monoisotopic (exact) mass is 456 g/mol. The number of fused-ring (bicyclic) bond motifs is 1. The second kappa shape index (κ2) is 9.54. The minimum atomic E-state index is -1.16. The normalized spacial score (nSPS) is 16.1. The zero-order valence-corrected chi connectivity index (χ0v) is 18.8. The molecule has 2 aromatic rings. The Morgan fingerprint density at radius 3 is 2.47 bits per heavy atom. The van der Waals surface area contributed by atoms with Gasteiger partial charge in [0.25, 0.3) is 0 Å². The van der Waals surface area contributed by atoms with Crippen LogP contribution >= 0.6 is 11.6 Å². The summed E-state index contributed by atoms with van der Waals surface area (Å²) in [7, 11) is 0. The molecule has 1 aliphatic heterocycles. The summed E-state index contributed by atoms with van der Waals surface area (Å²) in [6.07, 6.45) is 1.69. The summed E-state index contributed by atoms with van der Waals surface area (Å²) in [6.45, 7) is 4.51. The molecule has 2 aromatic carbocycles. The number of benzene rings is 2. The number of nitrogens with zero attached hydrogens (tertiary/aromatic N) is 1. The molecule has 1 atom stereocenters. The number of anilines is 1. The van der Waals surface area contributed by atoms with Crippen molar-refractivity contribution in [1.29, 1.82) is 0 Å². The Morgan fingerprint density at radius 2 is 1.84 bits per heavy atom. The molecule has 0 aliphatic carbocycles. The van der Waals surface area contributed by atoms with E-state index in [9.17, 15) is 19.5 Å². The Labute approximate surface area is 191 Å². The SMILES string of the molecule is CC(C)(C)OC(=O)CNC1C=C(c2ccccc2)c2cc(Cl)ccc2N(CC(=O)O)C1=O. The highest BCUT2D eigenvalue weighted by atomic mass is 35.5. The standard InChI is InChI=1S/C24H25ClN2O5/c1-24(2,3)32-22(30)13-26-19-12-17(15-7-5-4-6-8-15)18-11-16(25)9-10-20(18)27(23(19)31)14-21(28)29/h4-12,19,26H,13-14H2,1-3H3,(H,28,29). The third kappa shape index (κ3) is 5.75. The maximum atomic E-state index is 13.4. The summed E-state index contributed by atoms with van der Waals surface area (Å²) in [5.74, 6) is -2.17. The van der Waals surface area contributed by atoms with Crippen LogP contribution in [-0.4, -0.2) is 47.7 Å². The second-order valence-corrected chi connectivity index (χ2v) is 8.81. The van der Waals surface area contributed by atoms with Crippen molar-refractivity contribution in [3.63, 3.8) is 0 Å². The first-order valence-electron chi connectivity index (χ1n) is 10.1. The minimum Gasteiger partial charge on any atom is -0.480 e. The lowest BCUT2D eigenvalue weighted by Gasteiger charge is -2.25. The molecule has 0 fully saturated rings. The average Bonchev–Trinajstić information content (AvgIpc) is 2.81. The molecule has 1 aliphatic rings. The third-order valence-electron chi connectivity index (χ3n) is 4.67. The summed E-state index contributed by atoms with van der Waals surface area (Å²) >= 11 is 6.25. The van der Waals surface area contributed by atoms with Gasteiger partial charge >= 0.3 is 11.9 Å². The van der Waals surface area contributed by atoms with Crippen LogP contribution in [0.4, 0.5) is 5.69 Å². The molecule has 0 spiro atoms. The first kappa shape index (κ1) is 23.5. The van der Waals surface area contributed by atoms with Crippen LogP contribution in [0.5, 0.6) is 0 Å². The van der Waals surface area contributed by atoms with E-state index in [-0.39, 0.29) is 6.54 Å². The summed E-state index contributed by atoms with van der Waals surface area (Å²) in [6, 6.07) is 13.4. The zero-order valence-electron chi connectivity index (χ0n) is 18.1. The van der Waals surface area contributed by atoms with E-state index < -0.39 is 36.0 Å². The number of halogens is 1. The van der Waals surface area contributed by atoms with Crippen LogP contribution in [0, 0.1) is 0 Å². The highest BCUT2D eigenvalue weighted by molar-refractivity contribution is 6.31. The molecule has 0 aromatic heterocycles. The number of ether oxygens (including phenoxy) is 1. The van der Waals surface area contributed by atoms with E-state index >= 15 is 0 Å². The molecule has 0 bridgehead atoms. The lowest BCUT2D eigenvalue weighted by Crippen LogP contribution is -2.48. The number of rotatable bonds is 6. The predicted octanol–water partition coefficient (Wildman–Crippen LogP) is 3.50. The van der Waals surface area contributed by atoms with E-state index in [0.29, 0.717) is 21.8 Å². The number of hydrogen-bond acceptors (Lipinski definition) is 5. The van der Waals surface area contributed by atoms with Gasteiger partial charge in [0, 0.05) is 10.6 Å². The number of nitrogens with one attached hydrogen (secondary N) is 1. The Bertz CT molecular complexity index is 1060. The molecule has 32 heavy (non-hydrogen) atoms. The van der Waals surface area contributed by atoms with Gasteiger partial charge in [0.15, 0.2) is 0 Å². The fourth-order valence-corrected chi connectivity index (χ4v) is 3.63. The van der Waals surface area contributed by atoms with Gasteiger partial charge in [0.2, 0.25) is 5.91 Å². The van der Waals surface area contributed by atoms with Gasteiger partial charge in [0.1, 0.15) is 18.2 Å². The van der Waals surface area contributed by atoms with Crippen LogP contribution in [0.25, 0.3) is 5.57 Å². The van der Waals surface area contributed by atoms with E-state index in [1.165, 1.54) is 4.90 Å². The smallest absolute Gasteiger partial charge is 0.323 e. The van der Waals surface area contributed by atoms with Crippen molar-refractivity contribution in [3.05, 3.63) is 70.8 Å². The van der Waals surface area contributed by atoms with Gasteiger partial charge in [-0.2, -0.15) is 0 Å². The molecule has 1 amide bonds. The molecular formula is C24H25ClN2O5. The number of carbonyl (C=O) groups is 3. The Kier molecular flexibility index (Phi) is 7.01. The molecule has 1 heterocycles. The van der Waals surface area contributed by atoms with Crippen LogP contribution < -0.4 is 10.2 Å². The highest BCUT2D eigenvalue weighted by Gasteiger charge is 2.32. The van der Waals surface area contributed by atoms with Gasteiger partial charge in [-0.25, -0.2) is 0 Å². The Morgan fingerprint density at radius 1 is 1.16 bits per heavy atom. The van der Waals surface area contributed by atoms with E-state index in [1.807, 2.05) is 30.3 Å². The van der Waals surface area contributed by atoms with Crippen LogP contribution in [0.1, 0.15) is 31.9 Å². The number of hydrogen-bond donors (Lipinski definition) is 2. The maximum absolute atomic E-state index is 13.4. The highest BCUT2D eigenvalue weighted by Crippen LogP contribution is 2.37. The summed E-state index contributed by atoms with van der Waals surface area (Å²) in [5.41, 5.74) is 1.91. The quantitative estimate of drug-likeness (QED) is 0.646. The number of amides is 1. The lowest BCUT2D eigenvalue weighted by molar-refractivity contribution is -0.153. The number of carboxylic acids is 1. The molecule has 3 rings (SSSR count). The van der Waals surface area contributed by atoms with Crippen molar-refractivity contribution in [2.24, 2.45) is 0 Å². The van der Waals surface area contributed by atoms with Crippen LogP contribution in [0.3, 0.4) is 0 Å². The molecule has 0 saturated carbocycles. The Balaban J connectivity index is 2.07. The van der Waals surface area contributed by atoms with E-state index in [0.717, 1.165) is 5.56 Å². The van der Waals surface area contributed by atoms with Crippen molar-refractivity contribution in [2.45, 2.75) is 32.4 Å². The van der Waals surface area contributed by atoms with Gasteiger partial charge < -0.3 is 9.84 Å². The van der Waals surface area contributed by atoms with Crippen molar-refractivity contribution < 1.29 is 24.2 Å².